The van der Waals surface area contributed by atoms with Gasteiger partial charge in [0.2, 0.25) is 0 Å². The van der Waals surface area contributed by atoms with Crippen LogP contribution in [0.2, 0.25) is 5.02 Å². The number of nitrogens with one attached hydrogen (secondary N) is 1. The molecule has 1 nitrogen and oxygen atoms in total. The maximum atomic E-state index is 5.87. The second kappa shape index (κ2) is 6.37. The lowest BCUT2D eigenvalue weighted by Gasteiger charge is -2.12. The minimum atomic E-state index is 0.394. The molecule has 1 heterocycles. The van der Waals surface area contributed by atoms with Gasteiger partial charge in [-0.05, 0) is 43.2 Å². The summed E-state index contributed by atoms with van der Waals surface area (Å²) in [5.74, 6) is 0. The van der Waals surface area contributed by atoms with Gasteiger partial charge in [-0.25, -0.2) is 0 Å². The monoisotopic (exact) mass is 279 g/mol. The van der Waals surface area contributed by atoms with Crippen LogP contribution in [0.5, 0.6) is 0 Å². The van der Waals surface area contributed by atoms with E-state index in [9.17, 15) is 0 Å². The van der Waals surface area contributed by atoms with Gasteiger partial charge in [0.25, 0.3) is 0 Å². The number of aryl methyl sites for hydroxylation is 1. The summed E-state index contributed by atoms with van der Waals surface area (Å²) in [6.07, 6.45) is 1.12. The van der Waals surface area contributed by atoms with E-state index in [0.29, 0.717) is 6.04 Å². The number of halogens is 1. The first-order chi connectivity index (χ1) is 8.69. The summed E-state index contributed by atoms with van der Waals surface area (Å²) in [6.45, 7) is 5.28. The Labute approximate surface area is 118 Å². The van der Waals surface area contributed by atoms with Crippen molar-refractivity contribution in [1.29, 1.82) is 0 Å². The van der Waals surface area contributed by atoms with E-state index in [1.165, 1.54) is 15.3 Å². The minimum absolute atomic E-state index is 0.394. The predicted molar refractivity (Wildman–Crippen MR) is 80.4 cm³/mol. The van der Waals surface area contributed by atoms with Crippen molar-refractivity contribution < 1.29 is 0 Å². The lowest BCUT2D eigenvalue weighted by atomic mass is 10.2. The van der Waals surface area contributed by atoms with Crippen molar-refractivity contribution in [1.82, 2.24) is 5.32 Å². The third-order valence-electron chi connectivity index (χ3n) is 2.98. The van der Waals surface area contributed by atoms with E-state index in [0.717, 1.165) is 18.0 Å². The molecule has 0 aliphatic heterocycles. The minimum Gasteiger partial charge on any atom is -0.305 e. The Balaban J connectivity index is 1.91. The number of rotatable bonds is 5. The van der Waals surface area contributed by atoms with Crippen LogP contribution in [-0.2, 0) is 13.0 Å². The van der Waals surface area contributed by atoms with Gasteiger partial charge in [0.05, 0.1) is 0 Å². The van der Waals surface area contributed by atoms with Gasteiger partial charge in [0.15, 0.2) is 0 Å². The molecule has 1 atom stereocenters. The molecule has 1 aromatic carbocycles. The molecule has 0 saturated heterocycles. The van der Waals surface area contributed by atoms with Gasteiger partial charge >= 0.3 is 0 Å². The van der Waals surface area contributed by atoms with Gasteiger partial charge in [0, 0.05) is 27.4 Å². The topological polar surface area (TPSA) is 12.0 Å². The summed E-state index contributed by atoms with van der Waals surface area (Å²) in [6, 6.07) is 12.8. The zero-order valence-electron chi connectivity index (χ0n) is 10.7. The Morgan fingerprint density at radius 3 is 2.50 bits per heavy atom. The van der Waals surface area contributed by atoms with Gasteiger partial charge in [0.1, 0.15) is 0 Å². The summed E-state index contributed by atoms with van der Waals surface area (Å²) >= 11 is 7.77. The zero-order chi connectivity index (χ0) is 13.0. The van der Waals surface area contributed by atoms with Gasteiger partial charge in [-0.3, -0.25) is 0 Å². The third kappa shape index (κ3) is 3.58. The van der Waals surface area contributed by atoms with E-state index in [4.69, 9.17) is 11.6 Å². The first-order valence-electron chi connectivity index (χ1n) is 6.25. The van der Waals surface area contributed by atoms with E-state index in [1.54, 1.807) is 0 Å². The largest absolute Gasteiger partial charge is 0.305 e. The maximum Gasteiger partial charge on any atom is 0.0406 e. The third-order valence-corrected chi connectivity index (χ3v) is 4.65. The molecule has 0 amide bonds. The van der Waals surface area contributed by atoms with Crippen LogP contribution in [0, 0.1) is 0 Å². The molecular weight excluding hydrogens is 262 g/mol. The Morgan fingerprint density at radius 2 is 1.89 bits per heavy atom. The van der Waals surface area contributed by atoms with E-state index >= 15 is 0 Å². The van der Waals surface area contributed by atoms with E-state index in [2.05, 4.69) is 43.4 Å². The normalized spacial score (nSPS) is 12.6. The Hall–Kier alpha value is -0.830. The molecule has 1 N–H and O–H groups in total. The van der Waals surface area contributed by atoms with Crippen molar-refractivity contribution in [2.75, 3.05) is 0 Å². The number of hydrogen-bond donors (Lipinski definition) is 1. The molecule has 3 heteroatoms. The van der Waals surface area contributed by atoms with Crippen molar-refractivity contribution in [3.8, 4) is 0 Å². The Kier molecular flexibility index (Phi) is 4.81. The second-order valence-corrected chi connectivity index (χ2v) is 6.02. The summed E-state index contributed by atoms with van der Waals surface area (Å²) in [4.78, 5) is 2.85. The SMILES string of the molecule is CCc1ccc(C(C)NCc2ccc(Cl)cc2)s1. The summed E-state index contributed by atoms with van der Waals surface area (Å²) in [7, 11) is 0. The molecule has 2 rings (SSSR count). The van der Waals surface area contributed by atoms with Crippen molar-refractivity contribution >= 4 is 22.9 Å². The standard InChI is InChI=1S/C15H18ClNS/c1-3-14-8-9-15(18-14)11(2)17-10-12-4-6-13(16)7-5-12/h4-9,11,17H,3,10H2,1-2H3. The summed E-state index contributed by atoms with van der Waals surface area (Å²) in [5, 5.41) is 4.33. The van der Waals surface area contributed by atoms with E-state index in [-0.39, 0.29) is 0 Å². The van der Waals surface area contributed by atoms with Crippen LogP contribution in [0.15, 0.2) is 36.4 Å². The highest BCUT2D eigenvalue weighted by atomic mass is 35.5. The van der Waals surface area contributed by atoms with Crippen molar-refractivity contribution in [3.63, 3.8) is 0 Å². The molecule has 0 bridgehead atoms. The van der Waals surface area contributed by atoms with Crippen LogP contribution in [0.1, 0.15) is 35.2 Å². The Morgan fingerprint density at radius 1 is 1.17 bits per heavy atom. The van der Waals surface area contributed by atoms with Crippen molar-refractivity contribution in [2.45, 2.75) is 32.9 Å². The van der Waals surface area contributed by atoms with Gasteiger partial charge in [-0.2, -0.15) is 0 Å². The molecule has 0 fully saturated rings. The lowest BCUT2D eigenvalue weighted by Crippen LogP contribution is -2.16. The first-order valence-corrected chi connectivity index (χ1v) is 7.45. The predicted octanol–water partition coefficient (Wildman–Crippen LogP) is 4.81. The van der Waals surface area contributed by atoms with Crippen LogP contribution < -0.4 is 5.32 Å². The molecule has 96 valence electrons. The van der Waals surface area contributed by atoms with Gasteiger partial charge in [-0.1, -0.05) is 30.7 Å². The molecule has 0 aliphatic rings. The van der Waals surface area contributed by atoms with Crippen molar-refractivity contribution in [3.05, 3.63) is 56.7 Å². The second-order valence-electron chi connectivity index (χ2n) is 4.39. The molecule has 2 aromatic rings. The molecule has 0 spiro atoms. The molecule has 1 unspecified atom stereocenters. The fraction of sp³-hybridized carbons (Fsp3) is 0.333. The van der Waals surface area contributed by atoms with E-state index < -0.39 is 0 Å². The average Bonchev–Trinajstić information content (AvgIpc) is 2.86. The van der Waals surface area contributed by atoms with Crippen LogP contribution in [0.25, 0.3) is 0 Å². The maximum absolute atomic E-state index is 5.87. The molecule has 0 aliphatic carbocycles. The number of thiophene rings is 1. The van der Waals surface area contributed by atoms with Crippen LogP contribution in [-0.4, -0.2) is 0 Å². The molecule has 18 heavy (non-hydrogen) atoms. The van der Waals surface area contributed by atoms with Crippen LogP contribution in [0.3, 0.4) is 0 Å². The highest BCUT2D eigenvalue weighted by Crippen LogP contribution is 2.23. The van der Waals surface area contributed by atoms with Crippen LogP contribution >= 0.6 is 22.9 Å². The zero-order valence-corrected chi connectivity index (χ0v) is 12.3. The molecular formula is C15H18ClNS. The average molecular weight is 280 g/mol. The quantitative estimate of drug-likeness (QED) is 0.828. The summed E-state index contributed by atoms with van der Waals surface area (Å²) < 4.78 is 0. The number of benzene rings is 1. The molecule has 0 radical (unpaired) electrons. The fourth-order valence-corrected chi connectivity index (χ4v) is 2.90. The smallest absolute Gasteiger partial charge is 0.0406 e. The Bertz CT molecular complexity index is 489. The molecule has 0 saturated carbocycles. The molecule has 1 aromatic heterocycles. The highest BCUT2D eigenvalue weighted by molar-refractivity contribution is 7.12. The first kappa shape index (κ1) is 13.6. The van der Waals surface area contributed by atoms with E-state index in [1.807, 2.05) is 23.5 Å². The fourth-order valence-electron chi connectivity index (χ4n) is 1.79. The van der Waals surface area contributed by atoms with Gasteiger partial charge < -0.3 is 5.32 Å². The summed E-state index contributed by atoms with van der Waals surface area (Å²) in [5.41, 5.74) is 1.26. The number of hydrogen-bond acceptors (Lipinski definition) is 2. The lowest BCUT2D eigenvalue weighted by molar-refractivity contribution is 0.583. The van der Waals surface area contributed by atoms with Crippen LogP contribution in [0.4, 0.5) is 0 Å². The highest BCUT2D eigenvalue weighted by Gasteiger charge is 2.07. The van der Waals surface area contributed by atoms with Crippen molar-refractivity contribution in [2.24, 2.45) is 0 Å². The van der Waals surface area contributed by atoms with Gasteiger partial charge in [-0.15, -0.1) is 11.3 Å².